The smallest absolute Gasteiger partial charge is 0.254 e. The standard InChI is InChI=1S/C22H29N3O5S/c1-5-21(26)23-17-6-7-20(15(2)12-17)31(28,29)25-10-8-18(9-11-25)30-19-13-16(3)24(4)22(27)14-19/h6-7,12-14,18H,5,8-11H2,1-4H3,(H,23,26). The lowest BCUT2D eigenvalue weighted by Crippen LogP contribution is -2.42. The number of carbonyl (C=O) groups excluding carboxylic acids is 1. The minimum absolute atomic E-state index is 0.122. The van der Waals surface area contributed by atoms with Crippen LogP contribution in [0.2, 0.25) is 0 Å². The van der Waals surface area contributed by atoms with E-state index in [0.29, 0.717) is 49.4 Å². The molecule has 1 fully saturated rings. The first kappa shape index (κ1) is 23.0. The molecular formula is C22H29N3O5S. The Labute approximate surface area is 182 Å². The molecule has 2 aromatic rings. The zero-order valence-corrected chi connectivity index (χ0v) is 19.2. The summed E-state index contributed by atoms with van der Waals surface area (Å²) in [6.45, 7) is 6.00. The van der Waals surface area contributed by atoms with Crippen LogP contribution in [0.4, 0.5) is 5.69 Å². The molecule has 9 heteroatoms. The number of hydrogen-bond acceptors (Lipinski definition) is 5. The largest absolute Gasteiger partial charge is 0.490 e. The fourth-order valence-electron chi connectivity index (χ4n) is 3.59. The van der Waals surface area contributed by atoms with E-state index in [1.54, 1.807) is 43.7 Å². The molecule has 0 radical (unpaired) electrons. The maximum Gasteiger partial charge on any atom is 0.254 e. The molecule has 1 aliphatic heterocycles. The summed E-state index contributed by atoms with van der Waals surface area (Å²) in [6.07, 6.45) is 1.28. The van der Waals surface area contributed by atoms with Gasteiger partial charge in [-0.05, 0) is 56.5 Å². The second-order valence-corrected chi connectivity index (χ2v) is 9.74. The van der Waals surface area contributed by atoms with E-state index in [0.717, 1.165) is 5.69 Å². The van der Waals surface area contributed by atoms with Crippen LogP contribution in [0.5, 0.6) is 5.75 Å². The average Bonchev–Trinajstić information content (AvgIpc) is 2.72. The Morgan fingerprint density at radius 1 is 1.16 bits per heavy atom. The van der Waals surface area contributed by atoms with Crippen molar-refractivity contribution < 1.29 is 17.9 Å². The predicted octanol–water partition coefficient (Wildman–Crippen LogP) is 2.58. The van der Waals surface area contributed by atoms with Crippen LogP contribution in [0.15, 0.2) is 40.0 Å². The Kier molecular flexibility index (Phi) is 6.86. The van der Waals surface area contributed by atoms with Gasteiger partial charge in [0.05, 0.1) is 4.90 Å². The highest BCUT2D eigenvalue weighted by Gasteiger charge is 2.31. The van der Waals surface area contributed by atoms with E-state index < -0.39 is 10.0 Å². The molecule has 0 saturated carbocycles. The summed E-state index contributed by atoms with van der Waals surface area (Å²) in [7, 11) is -1.94. The van der Waals surface area contributed by atoms with Crippen LogP contribution in [0.25, 0.3) is 0 Å². The molecule has 1 N–H and O–H groups in total. The second kappa shape index (κ2) is 9.23. The van der Waals surface area contributed by atoms with Gasteiger partial charge < -0.3 is 14.6 Å². The first-order chi connectivity index (χ1) is 14.6. The summed E-state index contributed by atoms with van der Waals surface area (Å²) in [5, 5.41) is 2.74. The minimum Gasteiger partial charge on any atom is -0.490 e. The number of carbonyl (C=O) groups is 1. The zero-order valence-electron chi connectivity index (χ0n) is 18.3. The van der Waals surface area contributed by atoms with Gasteiger partial charge in [-0.25, -0.2) is 8.42 Å². The van der Waals surface area contributed by atoms with Gasteiger partial charge in [-0.2, -0.15) is 4.31 Å². The van der Waals surface area contributed by atoms with Crippen molar-refractivity contribution in [3.05, 3.63) is 51.9 Å². The molecule has 1 saturated heterocycles. The molecule has 0 spiro atoms. The highest BCUT2D eigenvalue weighted by molar-refractivity contribution is 7.89. The SMILES string of the molecule is CCC(=O)Nc1ccc(S(=O)(=O)N2CCC(Oc3cc(C)n(C)c(=O)c3)CC2)c(C)c1. The molecule has 0 atom stereocenters. The van der Waals surface area contributed by atoms with E-state index in [4.69, 9.17) is 4.74 Å². The number of anilines is 1. The molecule has 0 bridgehead atoms. The summed E-state index contributed by atoms with van der Waals surface area (Å²) in [4.78, 5) is 23.8. The third-order valence-corrected chi connectivity index (χ3v) is 7.64. The van der Waals surface area contributed by atoms with Gasteiger partial charge in [0.15, 0.2) is 0 Å². The summed E-state index contributed by atoms with van der Waals surface area (Å²) < 4.78 is 35.2. The topological polar surface area (TPSA) is 97.7 Å². The number of aromatic nitrogens is 1. The fourth-order valence-corrected chi connectivity index (χ4v) is 5.27. The van der Waals surface area contributed by atoms with Crippen molar-refractivity contribution in [2.75, 3.05) is 18.4 Å². The molecule has 3 rings (SSSR count). The third-order valence-electron chi connectivity index (χ3n) is 5.58. The number of nitrogens with one attached hydrogen (secondary N) is 1. The highest BCUT2D eigenvalue weighted by atomic mass is 32.2. The molecule has 1 aromatic carbocycles. The number of nitrogens with zero attached hydrogens (tertiary/aromatic N) is 2. The lowest BCUT2D eigenvalue weighted by molar-refractivity contribution is -0.115. The van der Waals surface area contributed by atoms with Crippen LogP contribution >= 0.6 is 0 Å². The molecule has 8 nitrogen and oxygen atoms in total. The quantitative estimate of drug-likeness (QED) is 0.734. The normalized spacial score (nSPS) is 15.6. The fraction of sp³-hybridized carbons (Fsp3) is 0.455. The van der Waals surface area contributed by atoms with Gasteiger partial charge in [0.25, 0.3) is 5.56 Å². The van der Waals surface area contributed by atoms with E-state index in [1.165, 1.54) is 10.4 Å². The molecule has 31 heavy (non-hydrogen) atoms. The van der Waals surface area contributed by atoms with Gasteiger partial charge in [-0.1, -0.05) is 6.92 Å². The number of pyridine rings is 1. The molecule has 2 heterocycles. The monoisotopic (exact) mass is 447 g/mol. The van der Waals surface area contributed by atoms with Crippen molar-refractivity contribution in [3.63, 3.8) is 0 Å². The van der Waals surface area contributed by atoms with E-state index in [1.807, 2.05) is 13.0 Å². The Hall–Kier alpha value is -2.65. The first-order valence-corrected chi connectivity index (χ1v) is 11.8. The van der Waals surface area contributed by atoms with Crippen molar-refractivity contribution in [1.29, 1.82) is 0 Å². The highest BCUT2D eigenvalue weighted by Crippen LogP contribution is 2.27. The van der Waals surface area contributed by atoms with E-state index in [-0.39, 0.29) is 22.5 Å². The Morgan fingerprint density at radius 3 is 2.42 bits per heavy atom. The maximum atomic E-state index is 13.1. The van der Waals surface area contributed by atoms with Crippen LogP contribution in [-0.4, -0.2) is 42.4 Å². The maximum absolute atomic E-state index is 13.1. The summed E-state index contributed by atoms with van der Waals surface area (Å²) in [5.41, 5.74) is 1.84. The second-order valence-electron chi connectivity index (χ2n) is 7.83. The van der Waals surface area contributed by atoms with Crippen LogP contribution in [-0.2, 0) is 21.9 Å². The van der Waals surface area contributed by atoms with Crippen LogP contribution in [0.3, 0.4) is 0 Å². The van der Waals surface area contributed by atoms with E-state index in [9.17, 15) is 18.0 Å². The van der Waals surface area contributed by atoms with Crippen molar-refractivity contribution in [2.24, 2.45) is 7.05 Å². The molecule has 0 unspecified atom stereocenters. The molecule has 1 aliphatic rings. The minimum atomic E-state index is -3.65. The zero-order chi connectivity index (χ0) is 22.8. The predicted molar refractivity (Wildman–Crippen MR) is 119 cm³/mol. The van der Waals surface area contributed by atoms with Gasteiger partial charge in [0.2, 0.25) is 15.9 Å². The van der Waals surface area contributed by atoms with E-state index >= 15 is 0 Å². The summed E-state index contributed by atoms with van der Waals surface area (Å²) >= 11 is 0. The van der Waals surface area contributed by atoms with E-state index in [2.05, 4.69) is 5.32 Å². The van der Waals surface area contributed by atoms with Crippen molar-refractivity contribution in [3.8, 4) is 5.75 Å². The Balaban J connectivity index is 1.67. The summed E-state index contributed by atoms with van der Waals surface area (Å²) in [5.74, 6) is 0.394. The lowest BCUT2D eigenvalue weighted by atomic mass is 10.1. The lowest BCUT2D eigenvalue weighted by Gasteiger charge is -2.32. The van der Waals surface area contributed by atoms with Gasteiger partial charge in [-0.3, -0.25) is 9.59 Å². The van der Waals surface area contributed by atoms with Gasteiger partial charge in [0.1, 0.15) is 11.9 Å². The van der Waals surface area contributed by atoms with Crippen LogP contribution in [0, 0.1) is 13.8 Å². The number of amides is 1. The van der Waals surface area contributed by atoms with Crippen molar-refractivity contribution in [2.45, 2.75) is 51.0 Å². The summed E-state index contributed by atoms with van der Waals surface area (Å²) in [6, 6.07) is 8.10. The molecular weight excluding hydrogens is 418 g/mol. The Morgan fingerprint density at radius 2 is 1.84 bits per heavy atom. The number of aryl methyl sites for hydroxylation is 2. The van der Waals surface area contributed by atoms with Gasteiger partial charge in [0, 0.05) is 44.0 Å². The number of benzene rings is 1. The third kappa shape index (κ3) is 5.16. The van der Waals surface area contributed by atoms with Crippen molar-refractivity contribution in [1.82, 2.24) is 8.87 Å². The number of piperidine rings is 1. The Bertz CT molecular complexity index is 1130. The van der Waals surface area contributed by atoms with Crippen LogP contribution < -0.4 is 15.6 Å². The molecule has 1 amide bonds. The van der Waals surface area contributed by atoms with Crippen LogP contribution in [0.1, 0.15) is 37.4 Å². The van der Waals surface area contributed by atoms with Gasteiger partial charge >= 0.3 is 0 Å². The van der Waals surface area contributed by atoms with Crippen molar-refractivity contribution >= 4 is 21.6 Å². The molecule has 1 aromatic heterocycles. The molecule has 168 valence electrons. The number of ether oxygens (including phenoxy) is 1. The van der Waals surface area contributed by atoms with Gasteiger partial charge in [-0.15, -0.1) is 0 Å². The first-order valence-electron chi connectivity index (χ1n) is 10.4. The number of sulfonamides is 1. The number of rotatable bonds is 6. The molecule has 0 aliphatic carbocycles. The average molecular weight is 448 g/mol. The number of hydrogen-bond donors (Lipinski definition) is 1.